The molecule has 1 aliphatic rings. The van der Waals surface area contributed by atoms with Crippen LogP contribution in [0.25, 0.3) is 0 Å². The van der Waals surface area contributed by atoms with E-state index in [1.807, 2.05) is 6.07 Å². The number of esters is 1. The fourth-order valence-electron chi connectivity index (χ4n) is 3.86. The molecule has 0 amide bonds. The summed E-state index contributed by atoms with van der Waals surface area (Å²) in [7, 11) is -0.865. The van der Waals surface area contributed by atoms with Gasteiger partial charge >= 0.3 is 5.97 Å². The van der Waals surface area contributed by atoms with E-state index in [1.165, 1.54) is 7.11 Å². The van der Waals surface area contributed by atoms with Crippen LogP contribution in [-0.2, 0) is 21.2 Å². The molecular weight excluding hydrogens is 378 g/mol. The number of benzene rings is 2. The molecule has 6 nitrogen and oxygen atoms in total. The van der Waals surface area contributed by atoms with Crippen molar-refractivity contribution in [1.82, 2.24) is 4.72 Å². The van der Waals surface area contributed by atoms with E-state index in [2.05, 4.69) is 4.72 Å². The highest BCUT2D eigenvalue weighted by Crippen LogP contribution is 2.33. The Balaban J connectivity index is 1.98. The van der Waals surface area contributed by atoms with Crippen molar-refractivity contribution in [3.63, 3.8) is 0 Å². The minimum absolute atomic E-state index is 0.268. The third-order valence-electron chi connectivity index (χ3n) is 5.12. The summed E-state index contributed by atoms with van der Waals surface area (Å²) in [5.41, 5.74) is 3.56. The monoisotopic (exact) mass is 403 g/mol. The zero-order valence-corrected chi connectivity index (χ0v) is 17.4. The molecule has 0 saturated heterocycles. The summed E-state index contributed by atoms with van der Waals surface area (Å²) in [4.78, 5) is 12.2. The van der Waals surface area contributed by atoms with Gasteiger partial charge in [0.1, 0.15) is 5.75 Å². The SMILES string of the molecule is COC(=O)c1ccc2c(c1)C(NS(=O)(=O)c1c(C)cc(OC)cc1C)CCC2. The van der Waals surface area contributed by atoms with E-state index in [1.54, 1.807) is 45.2 Å². The van der Waals surface area contributed by atoms with Crippen molar-refractivity contribution in [3.8, 4) is 5.75 Å². The lowest BCUT2D eigenvalue weighted by molar-refractivity contribution is 0.0600. The third kappa shape index (κ3) is 3.91. The molecule has 0 fully saturated rings. The first-order valence-electron chi connectivity index (χ1n) is 9.15. The van der Waals surface area contributed by atoms with Crippen LogP contribution >= 0.6 is 0 Å². The Hall–Kier alpha value is -2.38. The predicted octanol–water partition coefficient (Wildman–Crippen LogP) is 3.45. The van der Waals surface area contributed by atoms with Gasteiger partial charge in [-0.2, -0.15) is 0 Å². The van der Waals surface area contributed by atoms with Crippen LogP contribution in [0.5, 0.6) is 5.75 Å². The summed E-state index contributed by atoms with van der Waals surface area (Å²) in [6.45, 7) is 3.52. The molecule has 1 N–H and O–H groups in total. The topological polar surface area (TPSA) is 81.7 Å². The van der Waals surface area contributed by atoms with Gasteiger partial charge in [-0.3, -0.25) is 0 Å². The molecular formula is C21H25NO5S. The fourth-order valence-corrected chi connectivity index (χ4v) is 5.57. The van der Waals surface area contributed by atoms with Crippen LogP contribution in [-0.4, -0.2) is 28.6 Å². The molecule has 0 bridgehead atoms. The van der Waals surface area contributed by atoms with Gasteiger partial charge in [0.05, 0.1) is 24.7 Å². The summed E-state index contributed by atoms with van der Waals surface area (Å²) in [5.74, 6) is 0.191. The summed E-state index contributed by atoms with van der Waals surface area (Å²) in [6, 6.07) is 8.38. The number of aryl methyl sites for hydroxylation is 3. The van der Waals surface area contributed by atoms with Crippen LogP contribution in [0.15, 0.2) is 35.2 Å². The second-order valence-corrected chi connectivity index (χ2v) is 8.71. The molecule has 7 heteroatoms. The first kappa shape index (κ1) is 20.4. The Bertz CT molecular complexity index is 990. The Labute approximate surface area is 165 Å². The van der Waals surface area contributed by atoms with E-state index in [0.29, 0.717) is 28.9 Å². The number of hydrogen-bond acceptors (Lipinski definition) is 5. The lowest BCUT2D eigenvalue weighted by Gasteiger charge is -2.27. The van der Waals surface area contributed by atoms with Gasteiger partial charge in [0.25, 0.3) is 0 Å². The molecule has 28 heavy (non-hydrogen) atoms. The quantitative estimate of drug-likeness (QED) is 0.773. The van der Waals surface area contributed by atoms with Crippen molar-refractivity contribution in [2.24, 2.45) is 0 Å². The van der Waals surface area contributed by atoms with Gasteiger partial charge in [-0.05, 0) is 79.6 Å². The molecule has 1 unspecified atom stereocenters. The van der Waals surface area contributed by atoms with E-state index in [-0.39, 0.29) is 10.9 Å². The zero-order chi connectivity index (χ0) is 20.5. The van der Waals surface area contributed by atoms with E-state index in [4.69, 9.17) is 9.47 Å². The number of carbonyl (C=O) groups excluding carboxylic acids is 1. The maximum absolute atomic E-state index is 13.2. The van der Waals surface area contributed by atoms with Crippen LogP contribution in [0, 0.1) is 13.8 Å². The van der Waals surface area contributed by atoms with Gasteiger partial charge in [0.2, 0.25) is 10.0 Å². The molecule has 1 aliphatic carbocycles. The molecule has 150 valence electrons. The lowest BCUT2D eigenvalue weighted by Crippen LogP contribution is -2.32. The predicted molar refractivity (Wildman–Crippen MR) is 106 cm³/mol. The van der Waals surface area contributed by atoms with Gasteiger partial charge in [-0.1, -0.05) is 6.07 Å². The van der Waals surface area contributed by atoms with Crippen LogP contribution in [0.2, 0.25) is 0 Å². The number of carbonyl (C=O) groups is 1. The Morgan fingerprint density at radius 2 is 1.79 bits per heavy atom. The Kier molecular flexibility index (Phi) is 5.76. The van der Waals surface area contributed by atoms with Crippen LogP contribution in [0.3, 0.4) is 0 Å². The van der Waals surface area contributed by atoms with Crippen molar-refractivity contribution >= 4 is 16.0 Å². The van der Waals surface area contributed by atoms with Gasteiger partial charge in [-0.15, -0.1) is 0 Å². The second kappa shape index (κ2) is 7.93. The maximum Gasteiger partial charge on any atom is 0.337 e. The zero-order valence-electron chi connectivity index (χ0n) is 16.5. The number of fused-ring (bicyclic) bond motifs is 1. The molecule has 0 aromatic heterocycles. The number of rotatable bonds is 5. The van der Waals surface area contributed by atoms with Gasteiger partial charge in [0.15, 0.2) is 0 Å². The van der Waals surface area contributed by atoms with Gasteiger partial charge < -0.3 is 9.47 Å². The van der Waals surface area contributed by atoms with Crippen LogP contribution < -0.4 is 9.46 Å². The molecule has 1 atom stereocenters. The minimum atomic E-state index is -3.75. The smallest absolute Gasteiger partial charge is 0.337 e. The first-order chi connectivity index (χ1) is 13.3. The molecule has 0 aliphatic heterocycles. The Morgan fingerprint density at radius 1 is 1.11 bits per heavy atom. The van der Waals surface area contributed by atoms with Crippen molar-refractivity contribution in [1.29, 1.82) is 0 Å². The highest BCUT2D eigenvalue weighted by atomic mass is 32.2. The average Bonchev–Trinajstić information content (AvgIpc) is 2.66. The Morgan fingerprint density at radius 3 is 2.39 bits per heavy atom. The fraction of sp³-hybridized carbons (Fsp3) is 0.381. The minimum Gasteiger partial charge on any atom is -0.497 e. The summed E-state index contributed by atoms with van der Waals surface area (Å²) >= 11 is 0. The van der Waals surface area contributed by atoms with E-state index < -0.39 is 16.0 Å². The van der Waals surface area contributed by atoms with Crippen molar-refractivity contribution in [3.05, 3.63) is 58.1 Å². The number of sulfonamides is 1. The summed E-state index contributed by atoms with van der Waals surface area (Å²) in [5, 5.41) is 0. The molecule has 2 aromatic carbocycles. The maximum atomic E-state index is 13.2. The highest BCUT2D eigenvalue weighted by Gasteiger charge is 2.28. The third-order valence-corrected chi connectivity index (χ3v) is 6.89. The molecule has 0 saturated carbocycles. The number of nitrogens with one attached hydrogen (secondary N) is 1. The molecule has 0 heterocycles. The van der Waals surface area contributed by atoms with Crippen molar-refractivity contribution in [2.45, 2.75) is 44.0 Å². The molecule has 2 aromatic rings. The average molecular weight is 404 g/mol. The second-order valence-electron chi connectivity index (χ2n) is 7.06. The number of ether oxygens (including phenoxy) is 2. The van der Waals surface area contributed by atoms with E-state index >= 15 is 0 Å². The van der Waals surface area contributed by atoms with Crippen molar-refractivity contribution in [2.75, 3.05) is 14.2 Å². The standard InChI is InChI=1S/C21H25NO5S/c1-13-10-17(26-3)11-14(2)20(13)28(24,25)22-19-7-5-6-15-8-9-16(12-18(15)19)21(23)27-4/h8-12,19,22H,5-7H2,1-4H3. The summed E-state index contributed by atoms with van der Waals surface area (Å²) < 4.78 is 39.2. The normalized spacial score (nSPS) is 16.4. The first-order valence-corrected chi connectivity index (χ1v) is 10.6. The summed E-state index contributed by atoms with van der Waals surface area (Å²) in [6.07, 6.45) is 2.40. The largest absolute Gasteiger partial charge is 0.497 e. The lowest BCUT2D eigenvalue weighted by atomic mass is 9.87. The van der Waals surface area contributed by atoms with E-state index in [0.717, 1.165) is 24.0 Å². The van der Waals surface area contributed by atoms with Gasteiger partial charge in [0, 0.05) is 6.04 Å². The van der Waals surface area contributed by atoms with Crippen LogP contribution in [0.4, 0.5) is 0 Å². The van der Waals surface area contributed by atoms with Gasteiger partial charge in [-0.25, -0.2) is 17.9 Å². The molecule has 0 radical (unpaired) electrons. The number of hydrogen-bond donors (Lipinski definition) is 1. The molecule has 3 rings (SSSR count). The highest BCUT2D eigenvalue weighted by molar-refractivity contribution is 7.89. The van der Waals surface area contributed by atoms with E-state index in [9.17, 15) is 13.2 Å². The number of methoxy groups -OCH3 is 2. The molecule has 0 spiro atoms. The van der Waals surface area contributed by atoms with Crippen LogP contribution in [0.1, 0.15) is 51.5 Å². The van der Waals surface area contributed by atoms with Crippen molar-refractivity contribution < 1.29 is 22.7 Å².